The number of carbonyl (C=O) groups is 1. The quantitative estimate of drug-likeness (QED) is 0.901. The number of methoxy groups -OCH3 is 1. The third kappa shape index (κ3) is 3.71. The van der Waals surface area contributed by atoms with E-state index >= 15 is 0 Å². The molecule has 21 heavy (non-hydrogen) atoms. The first kappa shape index (κ1) is 15.7. The van der Waals surface area contributed by atoms with E-state index in [0.29, 0.717) is 19.8 Å². The van der Waals surface area contributed by atoms with E-state index in [9.17, 15) is 9.18 Å². The Kier molecular flexibility index (Phi) is 5.14. The SMILES string of the molecule is COc1ccc(C(C)N2CCOCC2CC(=O)O)cc1F. The van der Waals surface area contributed by atoms with E-state index < -0.39 is 11.8 Å². The van der Waals surface area contributed by atoms with Gasteiger partial charge < -0.3 is 14.6 Å². The Bertz CT molecular complexity index is 508. The van der Waals surface area contributed by atoms with Crippen molar-refractivity contribution in [2.24, 2.45) is 0 Å². The molecule has 0 saturated carbocycles. The molecule has 0 bridgehead atoms. The van der Waals surface area contributed by atoms with Crippen LogP contribution in [-0.4, -0.2) is 48.9 Å². The number of morpholine rings is 1. The Hall–Kier alpha value is -1.66. The molecule has 116 valence electrons. The summed E-state index contributed by atoms with van der Waals surface area (Å²) in [7, 11) is 1.42. The van der Waals surface area contributed by atoms with E-state index in [4.69, 9.17) is 14.6 Å². The summed E-state index contributed by atoms with van der Waals surface area (Å²) in [6.45, 7) is 3.52. The van der Waals surface area contributed by atoms with Crippen molar-refractivity contribution in [2.45, 2.75) is 25.4 Å². The van der Waals surface area contributed by atoms with Crippen LogP contribution in [0.5, 0.6) is 5.75 Å². The summed E-state index contributed by atoms with van der Waals surface area (Å²) in [5, 5.41) is 8.99. The number of hydrogen-bond donors (Lipinski definition) is 1. The second kappa shape index (κ2) is 6.87. The zero-order valence-electron chi connectivity index (χ0n) is 12.2. The molecule has 2 unspecified atom stereocenters. The number of ether oxygens (including phenoxy) is 2. The zero-order valence-corrected chi connectivity index (χ0v) is 12.2. The van der Waals surface area contributed by atoms with Crippen molar-refractivity contribution in [3.8, 4) is 5.75 Å². The Balaban J connectivity index is 2.17. The monoisotopic (exact) mass is 297 g/mol. The largest absolute Gasteiger partial charge is 0.494 e. The van der Waals surface area contributed by atoms with Crippen LogP contribution in [-0.2, 0) is 9.53 Å². The molecule has 5 nitrogen and oxygen atoms in total. The summed E-state index contributed by atoms with van der Waals surface area (Å²) in [4.78, 5) is 13.0. The van der Waals surface area contributed by atoms with Gasteiger partial charge in [0.25, 0.3) is 0 Å². The second-order valence-electron chi connectivity index (χ2n) is 5.13. The maximum Gasteiger partial charge on any atom is 0.305 e. The lowest BCUT2D eigenvalue weighted by Crippen LogP contribution is -2.47. The van der Waals surface area contributed by atoms with Gasteiger partial charge in [-0.25, -0.2) is 4.39 Å². The maximum atomic E-state index is 13.8. The fourth-order valence-electron chi connectivity index (χ4n) is 2.69. The average Bonchev–Trinajstić information content (AvgIpc) is 2.46. The van der Waals surface area contributed by atoms with Gasteiger partial charge in [0.15, 0.2) is 11.6 Å². The molecule has 1 heterocycles. The molecule has 1 N–H and O–H groups in total. The highest BCUT2D eigenvalue weighted by Gasteiger charge is 2.29. The second-order valence-corrected chi connectivity index (χ2v) is 5.13. The Morgan fingerprint density at radius 1 is 1.62 bits per heavy atom. The van der Waals surface area contributed by atoms with Crippen LogP contribution in [0.2, 0.25) is 0 Å². The molecule has 1 aliphatic rings. The fraction of sp³-hybridized carbons (Fsp3) is 0.533. The van der Waals surface area contributed by atoms with E-state index in [2.05, 4.69) is 4.90 Å². The highest BCUT2D eigenvalue weighted by molar-refractivity contribution is 5.67. The molecule has 0 radical (unpaired) electrons. The molecule has 1 aliphatic heterocycles. The lowest BCUT2D eigenvalue weighted by molar-refractivity contribution is -0.140. The predicted molar refractivity (Wildman–Crippen MR) is 74.9 cm³/mol. The van der Waals surface area contributed by atoms with Crippen molar-refractivity contribution >= 4 is 5.97 Å². The number of halogens is 1. The molecule has 1 aromatic carbocycles. The smallest absolute Gasteiger partial charge is 0.305 e. The van der Waals surface area contributed by atoms with Crippen molar-refractivity contribution in [3.05, 3.63) is 29.6 Å². The summed E-state index contributed by atoms with van der Waals surface area (Å²) in [6, 6.07) is 4.56. The van der Waals surface area contributed by atoms with Gasteiger partial charge in [-0.05, 0) is 24.6 Å². The lowest BCUT2D eigenvalue weighted by atomic mass is 10.0. The zero-order chi connectivity index (χ0) is 15.4. The molecule has 0 aliphatic carbocycles. The fourth-order valence-corrected chi connectivity index (χ4v) is 2.69. The first-order chi connectivity index (χ1) is 10.0. The third-order valence-corrected chi connectivity index (χ3v) is 3.84. The van der Waals surface area contributed by atoms with Crippen molar-refractivity contribution in [1.29, 1.82) is 0 Å². The van der Waals surface area contributed by atoms with Gasteiger partial charge >= 0.3 is 5.97 Å². The maximum absolute atomic E-state index is 13.8. The van der Waals surface area contributed by atoms with Gasteiger partial charge in [-0.2, -0.15) is 0 Å². The van der Waals surface area contributed by atoms with Gasteiger partial charge in [0.1, 0.15) is 0 Å². The van der Waals surface area contributed by atoms with E-state index in [1.54, 1.807) is 12.1 Å². The third-order valence-electron chi connectivity index (χ3n) is 3.84. The lowest BCUT2D eigenvalue weighted by Gasteiger charge is -2.39. The average molecular weight is 297 g/mol. The van der Waals surface area contributed by atoms with Crippen LogP contribution in [0.4, 0.5) is 4.39 Å². The summed E-state index contributed by atoms with van der Waals surface area (Å²) in [6.07, 6.45) is 0.0168. The Morgan fingerprint density at radius 2 is 2.38 bits per heavy atom. The summed E-state index contributed by atoms with van der Waals surface area (Å²) >= 11 is 0. The number of aliphatic carboxylic acids is 1. The minimum atomic E-state index is -0.858. The number of carboxylic acid groups (broad SMARTS) is 1. The van der Waals surface area contributed by atoms with E-state index in [1.165, 1.54) is 13.2 Å². The molecule has 0 spiro atoms. The Morgan fingerprint density at radius 3 is 3.00 bits per heavy atom. The van der Waals surface area contributed by atoms with Gasteiger partial charge in [0.05, 0.1) is 26.7 Å². The first-order valence-corrected chi connectivity index (χ1v) is 6.91. The molecule has 0 aromatic heterocycles. The van der Waals surface area contributed by atoms with Crippen LogP contribution >= 0.6 is 0 Å². The van der Waals surface area contributed by atoms with Gasteiger partial charge in [-0.1, -0.05) is 6.07 Å². The van der Waals surface area contributed by atoms with Crippen LogP contribution in [0.25, 0.3) is 0 Å². The molecular formula is C15H20FNO4. The van der Waals surface area contributed by atoms with Gasteiger partial charge in [-0.3, -0.25) is 9.69 Å². The Labute approximate surface area is 123 Å². The topological polar surface area (TPSA) is 59.0 Å². The molecule has 2 rings (SSSR count). The van der Waals surface area contributed by atoms with Crippen LogP contribution in [0.3, 0.4) is 0 Å². The predicted octanol–water partition coefficient (Wildman–Crippen LogP) is 2.07. The normalized spacial score (nSPS) is 21.0. The first-order valence-electron chi connectivity index (χ1n) is 6.91. The summed E-state index contributed by atoms with van der Waals surface area (Å²) in [5.41, 5.74) is 0.797. The van der Waals surface area contributed by atoms with Crippen molar-refractivity contribution in [1.82, 2.24) is 4.90 Å². The standard InChI is InChI=1S/C15H20FNO4/c1-10(11-3-4-14(20-2)13(16)7-11)17-5-6-21-9-12(17)8-15(18)19/h3-4,7,10,12H,5-6,8-9H2,1-2H3,(H,18,19). The van der Waals surface area contributed by atoms with Gasteiger partial charge in [-0.15, -0.1) is 0 Å². The molecule has 0 amide bonds. The number of carboxylic acids is 1. The number of hydrogen-bond acceptors (Lipinski definition) is 4. The highest BCUT2D eigenvalue weighted by Crippen LogP contribution is 2.28. The molecule has 2 atom stereocenters. The van der Waals surface area contributed by atoms with Crippen LogP contribution in [0.15, 0.2) is 18.2 Å². The van der Waals surface area contributed by atoms with Crippen LogP contribution in [0.1, 0.15) is 24.9 Å². The summed E-state index contributed by atoms with van der Waals surface area (Å²) in [5.74, 6) is -1.07. The molecular weight excluding hydrogens is 277 g/mol. The number of nitrogens with zero attached hydrogens (tertiary/aromatic N) is 1. The van der Waals surface area contributed by atoms with Crippen LogP contribution < -0.4 is 4.74 Å². The minimum absolute atomic E-state index is 0.0168. The number of rotatable bonds is 5. The number of benzene rings is 1. The summed E-state index contributed by atoms with van der Waals surface area (Å²) < 4.78 is 24.1. The molecule has 6 heteroatoms. The molecule has 1 saturated heterocycles. The van der Waals surface area contributed by atoms with E-state index in [0.717, 1.165) is 5.56 Å². The van der Waals surface area contributed by atoms with Gasteiger partial charge in [0.2, 0.25) is 0 Å². The van der Waals surface area contributed by atoms with Crippen molar-refractivity contribution < 1.29 is 23.8 Å². The van der Waals surface area contributed by atoms with E-state index in [-0.39, 0.29) is 24.3 Å². The van der Waals surface area contributed by atoms with E-state index in [1.807, 2.05) is 6.92 Å². The van der Waals surface area contributed by atoms with Crippen LogP contribution in [0, 0.1) is 5.82 Å². The molecule has 1 fully saturated rings. The molecule has 1 aromatic rings. The van der Waals surface area contributed by atoms with Gasteiger partial charge in [0, 0.05) is 18.6 Å². The minimum Gasteiger partial charge on any atom is -0.494 e. The highest BCUT2D eigenvalue weighted by atomic mass is 19.1. The van der Waals surface area contributed by atoms with Crippen molar-refractivity contribution in [2.75, 3.05) is 26.9 Å². The van der Waals surface area contributed by atoms with Crippen molar-refractivity contribution in [3.63, 3.8) is 0 Å².